The van der Waals surface area contributed by atoms with Crippen molar-refractivity contribution in [2.75, 3.05) is 5.32 Å². The summed E-state index contributed by atoms with van der Waals surface area (Å²) in [7, 11) is 0. The van der Waals surface area contributed by atoms with E-state index in [1.165, 1.54) is 24.3 Å². The van der Waals surface area contributed by atoms with Crippen molar-refractivity contribution in [3.05, 3.63) is 78.1 Å². The molecule has 6 heteroatoms. The number of benzene rings is 3. The fraction of sp³-hybridized carbons (Fsp3) is 0.0952. The van der Waals surface area contributed by atoms with Crippen molar-refractivity contribution in [3.8, 4) is 0 Å². The number of nitrogens with zero attached hydrogens (tertiary/aromatic N) is 1. The van der Waals surface area contributed by atoms with E-state index in [1.54, 1.807) is 6.21 Å². The van der Waals surface area contributed by atoms with Crippen molar-refractivity contribution in [1.82, 2.24) is 5.43 Å². The molecule has 27 heavy (non-hydrogen) atoms. The Morgan fingerprint density at radius 1 is 0.889 bits per heavy atom. The first-order valence-corrected chi connectivity index (χ1v) is 8.47. The van der Waals surface area contributed by atoms with E-state index < -0.39 is 0 Å². The number of hydrogen-bond donors (Lipinski definition) is 2. The van der Waals surface area contributed by atoms with Crippen LogP contribution in [0, 0.1) is 5.82 Å². The number of halogens is 1. The third kappa shape index (κ3) is 5.22. The summed E-state index contributed by atoms with van der Waals surface area (Å²) in [6.07, 6.45) is 1.59. The van der Waals surface area contributed by atoms with Gasteiger partial charge in [-0.15, -0.1) is 0 Å². The molecular weight excluding hydrogens is 345 g/mol. The molecule has 3 rings (SSSR count). The Bertz CT molecular complexity index is 979. The number of rotatable bonds is 6. The molecule has 136 valence electrons. The van der Waals surface area contributed by atoms with Gasteiger partial charge in [-0.1, -0.05) is 42.5 Å². The maximum absolute atomic E-state index is 12.8. The molecule has 3 aromatic rings. The number of anilines is 1. The molecule has 0 bridgehead atoms. The first-order chi connectivity index (χ1) is 13.1. The Balaban J connectivity index is 1.48. The van der Waals surface area contributed by atoms with Crippen molar-refractivity contribution in [2.45, 2.75) is 12.8 Å². The van der Waals surface area contributed by atoms with Gasteiger partial charge in [-0.05, 0) is 35.0 Å². The van der Waals surface area contributed by atoms with E-state index in [1.807, 2.05) is 42.5 Å². The number of amides is 2. The molecule has 0 aromatic heterocycles. The van der Waals surface area contributed by atoms with Crippen LogP contribution in [0.5, 0.6) is 0 Å². The summed E-state index contributed by atoms with van der Waals surface area (Å²) in [5.41, 5.74) is 3.80. The minimum atomic E-state index is -0.378. The van der Waals surface area contributed by atoms with Gasteiger partial charge in [0, 0.05) is 24.1 Å². The predicted octanol–water partition coefficient (Wildman–Crippen LogP) is 3.85. The van der Waals surface area contributed by atoms with Crippen LogP contribution < -0.4 is 10.7 Å². The average Bonchev–Trinajstić information content (AvgIpc) is 2.68. The Morgan fingerprint density at radius 3 is 2.41 bits per heavy atom. The Labute approximate surface area is 155 Å². The van der Waals surface area contributed by atoms with Crippen LogP contribution in [0.4, 0.5) is 10.1 Å². The average molecular weight is 363 g/mol. The molecule has 5 nitrogen and oxygen atoms in total. The highest BCUT2D eigenvalue weighted by Gasteiger charge is 2.07. The lowest BCUT2D eigenvalue weighted by Gasteiger charge is -2.05. The lowest BCUT2D eigenvalue weighted by molar-refractivity contribution is -0.124. The fourth-order valence-corrected chi connectivity index (χ4v) is 2.58. The SMILES string of the molecule is O=C(CCC(=O)Nc1ccc(F)cc1)NN=Cc1cccc2ccccc12. The van der Waals surface area contributed by atoms with Crippen LogP contribution in [0.1, 0.15) is 18.4 Å². The van der Waals surface area contributed by atoms with Crippen molar-refractivity contribution in [2.24, 2.45) is 5.10 Å². The third-order valence-corrected chi connectivity index (χ3v) is 3.92. The van der Waals surface area contributed by atoms with Gasteiger partial charge in [-0.3, -0.25) is 9.59 Å². The fourth-order valence-electron chi connectivity index (χ4n) is 2.58. The van der Waals surface area contributed by atoms with Gasteiger partial charge in [-0.25, -0.2) is 9.82 Å². The number of fused-ring (bicyclic) bond motifs is 1. The zero-order chi connectivity index (χ0) is 19.1. The molecule has 0 aliphatic heterocycles. The van der Waals surface area contributed by atoms with Crippen LogP contribution in [0.2, 0.25) is 0 Å². The van der Waals surface area contributed by atoms with Crippen LogP contribution >= 0.6 is 0 Å². The first kappa shape index (κ1) is 18.3. The molecule has 0 fully saturated rings. The molecule has 0 saturated heterocycles. The normalized spacial score (nSPS) is 10.9. The molecule has 2 amide bonds. The van der Waals surface area contributed by atoms with Gasteiger partial charge in [0.1, 0.15) is 5.82 Å². The molecule has 0 spiro atoms. The Kier molecular flexibility index (Phi) is 5.89. The van der Waals surface area contributed by atoms with E-state index in [0.717, 1.165) is 16.3 Å². The van der Waals surface area contributed by atoms with E-state index in [2.05, 4.69) is 15.8 Å². The molecule has 3 aromatic carbocycles. The monoisotopic (exact) mass is 363 g/mol. The summed E-state index contributed by atoms with van der Waals surface area (Å²) in [5.74, 6) is -1.06. The van der Waals surface area contributed by atoms with Crippen molar-refractivity contribution in [3.63, 3.8) is 0 Å². The summed E-state index contributed by atoms with van der Waals surface area (Å²) < 4.78 is 12.8. The van der Waals surface area contributed by atoms with Crippen molar-refractivity contribution < 1.29 is 14.0 Å². The minimum absolute atomic E-state index is 0.0000939. The van der Waals surface area contributed by atoms with Gasteiger partial charge in [-0.2, -0.15) is 5.10 Å². The third-order valence-electron chi connectivity index (χ3n) is 3.92. The van der Waals surface area contributed by atoms with Gasteiger partial charge in [0.2, 0.25) is 11.8 Å². The number of hydrogen-bond acceptors (Lipinski definition) is 3. The second kappa shape index (κ2) is 8.71. The zero-order valence-corrected chi connectivity index (χ0v) is 14.5. The summed E-state index contributed by atoms with van der Waals surface area (Å²) in [6, 6.07) is 19.2. The van der Waals surface area contributed by atoms with E-state index >= 15 is 0 Å². The van der Waals surface area contributed by atoms with Crippen LogP contribution in [-0.2, 0) is 9.59 Å². The first-order valence-electron chi connectivity index (χ1n) is 8.47. The maximum atomic E-state index is 12.8. The Morgan fingerprint density at radius 2 is 1.59 bits per heavy atom. The maximum Gasteiger partial charge on any atom is 0.240 e. The van der Waals surface area contributed by atoms with E-state index in [4.69, 9.17) is 0 Å². The molecule has 0 saturated carbocycles. The van der Waals surface area contributed by atoms with Crippen LogP contribution in [0.25, 0.3) is 10.8 Å². The summed E-state index contributed by atoms with van der Waals surface area (Å²) >= 11 is 0. The van der Waals surface area contributed by atoms with Gasteiger partial charge in [0.25, 0.3) is 0 Å². The van der Waals surface area contributed by atoms with Gasteiger partial charge in [0.05, 0.1) is 6.21 Å². The smallest absolute Gasteiger partial charge is 0.240 e. The lowest BCUT2D eigenvalue weighted by Crippen LogP contribution is -2.20. The number of carbonyl (C=O) groups is 2. The van der Waals surface area contributed by atoms with E-state index in [9.17, 15) is 14.0 Å². The van der Waals surface area contributed by atoms with Gasteiger partial charge >= 0.3 is 0 Å². The number of carbonyl (C=O) groups excluding carboxylic acids is 2. The number of hydrazone groups is 1. The van der Waals surface area contributed by atoms with Crippen molar-refractivity contribution >= 4 is 34.5 Å². The summed E-state index contributed by atoms with van der Waals surface area (Å²) in [5, 5.41) is 8.69. The molecule has 0 unspecified atom stereocenters. The highest BCUT2D eigenvalue weighted by atomic mass is 19.1. The lowest BCUT2D eigenvalue weighted by atomic mass is 10.1. The molecular formula is C21H18FN3O2. The highest BCUT2D eigenvalue weighted by Crippen LogP contribution is 2.16. The van der Waals surface area contributed by atoms with E-state index in [0.29, 0.717) is 5.69 Å². The van der Waals surface area contributed by atoms with Gasteiger partial charge in [0.15, 0.2) is 0 Å². The summed E-state index contributed by atoms with van der Waals surface area (Å²) in [4.78, 5) is 23.7. The largest absolute Gasteiger partial charge is 0.326 e. The predicted molar refractivity (Wildman–Crippen MR) is 104 cm³/mol. The molecule has 0 aliphatic rings. The highest BCUT2D eigenvalue weighted by molar-refractivity contribution is 6.00. The second-order valence-corrected chi connectivity index (χ2v) is 5.92. The minimum Gasteiger partial charge on any atom is -0.326 e. The van der Waals surface area contributed by atoms with Crippen LogP contribution in [0.15, 0.2) is 71.8 Å². The molecule has 0 aliphatic carbocycles. The quantitative estimate of drug-likeness (QED) is 0.516. The summed E-state index contributed by atoms with van der Waals surface area (Å²) in [6.45, 7) is 0. The van der Waals surface area contributed by atoms with Crippen LogP contribution in [-0.4, -0.2) is 18.0 Å². The van der Waals surface area contributed by atoms with Crippen molar-refractivity contribution in [1.29, 1.82) is 0 Å². The van der Waals surface area contributed by atoms with Crippen LogP contribution in [0.3, 0.4) is 0 Å². The molecule has 0 radical (unpaired) electrons. The molecule has 0 atom stereocenters. The molecule has 0 heterocycles. The number of nitrogens with one attached hydrogen (secondary N) is 2. The van der Waals surface area contributed by atoms with E-state index in [-0.39, 0.29) is 30.5 Å². The van der Waals surface area contributed by atoms with Gasteiger partial charge < -0.3 is 5.32 Å². The zero-order valence-electron chi connectivity index (χ0n) is 14.5. The Hall–Kier alpha value is -3.54. The standard InChI is InChI=1S/C21H18FN3O2/c22-17-8-10-18(11-9-17)24-20(26)12-13-21(27)25-23-14-16-6-3-5-15-4-1-2-7-19(15)16/h1-11,14H,12-13H2,(H,24,26)(H,25,27). The topological polar surface area (TPSA) is 70.6 Å². The molecule has 2 N–H and O–H groups in total. The second-order valence-electron chi connectivity index (χ2n) is 5.92.